The van der Waals surface area contributed by atoms with E-state index < -0.39 is 11.5 Å². The van der Waals surface area contributed by atoms with Crippen molar-refractivity contribution in [2.75, 3.05) is 13.1 Å². The molecule has 96 valence electrons. The quantitative estimate of drug-likeness (QED) is 0.760. The highest BCUT2D eigenvalue weighted by Crippen LogP contribution is 2.14. The Morgan fingerprint density at radius 1 is 1.31 bits per heavy atom. The molecule has 0 aliphatic carbocycles. The van der Waals surface area contributed by atoms with Gasteiger partial charge in [-0.2, -0.15) is 0 Å². The van der Waals surface area contributed by atoms with E-state index in [0.717, 1.165) is 0 Å². The van der Waals surface area contributed by atoms with Crippen LogP contribution in [0.4, 0.5) is 0 Å². The fourth-order valence-corrected chi connectivity index (χ4v) is 1.22. The Morgan fingerprint density at radius 3 is 2.12 bits per heavy atom. The van der Waals surface area contributed by atoms with Crippen LogP contribution in [-0.2, 0) is 9.59 Å². The smallest absolute Gasteiger partial charge is 0.323 e. The third-order valence-corrected chi connectivity index (χ3v) is 2.00. The number of carboxylic acid groups (broad SMARTS) is 1. The summed E-state index contributed by atoms with van der Waals surface area (Å²) >= 11 is 0. The molecule has 0 saturated carbocycles. The van der Waals surface area contributed by atoms with E-state index in [9.17, 15) is 9.59 Å². The molecule has 1 amide bonds. The maximum atomic E-state index is 11.7. The lowest BCUT2D eigenvalue weighted by molar-refractivity contribution is -0.148. The van der Waals surface area contributed by atoms with Crippen LogP contribution in [0.3, 0.4) is 0 Å². The predicted octanol–water partition coefficient (Wildman–Crippen LogP) is 0.859. The number of halogens is 1. The summed E-state index contributed by atoms with van der Waals surface area (Å²) in [5.41, 5.74) is 4.83. The second-order valence-corrected chi connectivity index (χ2v) is 4.44. The lowest BCUT2D eigenvalue weighted by Gasteiger charge is -2.34. The standard InChI is InChI=1S/C10H20N2O3.ClH/c1-10(2,3)12(7-9(14)15)8(13)5-4-6-11;/h4-7,11H2,1-3H3,(H,14,15);1H. The fourth-order valence-electron chi connectivity index (χ4n) is 1.22. The van der Waals surface area contributed by atoms with Crippen LogP contribution in [-0.4, -0.2) is 40.5 Å². The van der Waals surface area contributed by atoms with Crippen LogP contribution in [0, 0.1) is 0 Å². The number of hydrogen-bond acceptors (Lipinski definition) is 3. The van der Waals surface area contributed by atoms with Crippen molar-refractivity contribution < 1.29 is 14.7 Å². The Hall–Kier alpha value is -0.810. The van der Waals surface area contributed by atoms with Crippen molar-refractivity contribution >= 4 is 24.3 Å². The summed E-state index contributed by atoms with van der Waals surface area (Å²) in [5.74, 6) is -1.15. The minimum absolute atomic E-state index is 0. The van der Waals surface area contributed by atoms with Crippen molar-refractivity contribution in [3.63, 3.8) is 0 Å². The summed E-state index contributed by atoms with van der Waals surface area (Å²) in [7, 11) is 0. The summed E-state index contributed by atoms with van der Waals surface area (Å²) in [6.07, 6.45) is 0.895. The van der Waals surface area contributed by atoms with Crippen LogP contribution in [0.1, 0.15) is 33.6 Å². The summed E-state index contributed by atoms with van der Waals surface area (Å²) in [6, 6.07) is 0. The first-order valence-corrected chi connectivity index (χ1v) is 5.01. The SMILES string of the molecule is CC(C)(C)N(CC(=O)O)C(=O)CCCN.Cl. The number of nitrogens with two attached hydrogens (primary N) is 1. The van der Waals surface area contributed by atoms with Gasteiger partial charge in [0, 0.05) is 12.0 Å². The number of carbonyl (C=O) groups is 2. The second kappa shape index (κ2) is 7.46. The van der Waals surface area contributed by atoms with Gasteiger partial charge in [-0.3, -0.25) is 9.59 Å². The summed E-state index contributed by atoms with van der Waals surface area (Å²) < 4.78 is 0. The monoisotopic (exact) mass is 252 g/mol. The molecule has 0 aromatic carbocycles. The first-order valence-electron chi connectivity index (χ1n) is 5.01. The molecule has 0 heterocycles. The molecule has 0 aromatic rings. The first kappa shape index (κ1) is 17.6. The van der Waals surface area contributed by atoms with Crippen LogP contribution in [0.5, 0.6) is 0 Å². The van der Waals surface area contributed by atoms with E-state index in [1.807, 2.05) is 20.8 Å². The normalized spacial score (nSPS) is 10.5. The number of rotatable bonds is 5. The van der Waals surface area contributed by atoms with Gasteiger partial charge in [-0.25, -0.2) is 0 Å². The van der Waals surface area contributed by atoms with Gasteiger partial charge >= 0.3 is 5.97 Å². The van der Waals surface area contributed by atoms with Crippen molar-refractivity contribution in [3.8, 4) is 0 Å². The minimum atomic E-state index is -0.994. The Morgan fingerprint density at radius 2 is 1.81 bits per heavy atom. The van der Waals surface area contributed by atoms with Crippen LogP contribution in [0.15, 0.2) is 0 Å². The molecule has 5 nitrogen and oxygen atoms in total. The number of aliphatic carboxylic acids is 1. The number of hydrogen-bond donors (Lipinski definition) is 2. The van der Waals surface area contributed by atoms with Crippen molar-refractivity contribution in [2.45, 2.75) is 39.2 Å². The van der Waals surface area contributed by atoms with Crippen LogP contribution in [0.25, 0.3) is 0 Å². The Labute approximate surface area is 102 Å². The van der Waals surface area contributed by atoms with E-state index >= 15 is 0 Å². The molecule has 0 saturated heterocycles. The van der Waals surface area contributed by atoms with Crippen molar-refractivity contribution in [2.24, 2.45) is 5.73 Å². The van der Waals surface area contributed by atoms with E-state index in [4.69, 9.17) is 10.8 Å². The minimum Gasteiger partial charge on any atom is -0.480 e. The third kappa shape index (κ3) is 6.63. The molecule has 0 aliphatic rings. The van der Waals surface area contributed by atoms with E-state index in [0.29, 0.717) is 19.4 Å². The van der Waals surface area contributed by atoms with E-state index in [2.05, 4.69) is 0 Å². The average Bonchev–Trinajstić information content (AvgIpc) is 2.08. The van der Waals surface area contributed by atoms with E-state index in [1.165, 1.54) is 4.90 Å². The van der Waals surface area contributed by atoms with Gasteiger partial charge in [-0.05, 0) is 33.7 Å². The molecule has 0 rings (SSSR count). The summed E-state index contributed by atoms with van der Waals surface area (Å²) in [4.78, 5) is 23.7. The van der Waals surface area contributed by atoms with Gasteiger partial charge in [0.25, 0.3) is 0 Å². The highest BCUT2D eigenvalue weighted by molar-refractivity contribution is 5.85. The highest BCUT2D eigenvalue weighted by Gasteiger charge is 2.27. The molecule has 0 aliphatic heterocycles. The van der Waals surface area contributed by atoms with Crippen molar-refractivity contribution in [1.29, 1.82) is 0 Å². The van der Waals surface area contributed by atoms with Gasteiger partial charge in [0.05, 0.1) is 0 Å². The van der Waals surface area contributed by atoms with Crippen molar-refractivity contribution in [3.05, 3.63) is 0 Å². The zero-order valence-electron chi connectivity index (χ0n) is 10.0. The lowest BCUT2D eigenvalue weighted by Crippen LogP contribution is -2.48. The average molecular weight is 253 g/mol. The lowest BCUT2D eigenvalue weighted by atomic mass is 10.0. The molecular weight excluding hydrogens is 232 g/mol. The predicted molar refractivity (Wildman–Crippen MR) is 64.6 cm³/mol. The number of nitrogens with zero attached hydrogens (tertiary/aromatic N) is 1. The van der Waals surface area contributed by atoms with Crippen LogP contribution < -0.4 is 5.73 Å². The number of amides is 1. The molecule has 16 heavy (non-hydrogen) atoms. The van der Waals surface area contributed by atoms with Gasteiger partial charge in [-0.1, -0.05) is 0 Å². The highest BCUT2D eigenvalue weighted by atomic mass is 35.5. The Balaban J connectivity index is 0. The first-order chi connectivity index (χ1) is 6.79. The van der Waals surface area contributed by atoms with Gasteiger partial charge in [-0.15, -0.1) is 12.4 Å². The second-order valence-electron chi connectivity index (χ2n) is 4.44. The third-order valence-electron chi connectivity index (χ3n) is 2.00. The molecule has 0 fully saturated rings. The van der Waals surface area contributed by atoms with Gasteiger partial charge < -0.3 is 15.7 Å². The Kier molecular flexibility index (Phi) is 8.20. The van der Waals surface area contributed by atoms with Gasteiger partial charge in [0.1, 0.15) is 6.54 Å². The fraction of sp³-hybridized carbons (Fsp3) is 0.800. The Bertz CT molecular complexity index is 239. The van der Waals surface area contributed by atoms with Crippen LogP contribution in [0.2, 0.25) is 0 Å². The topological polar surface area (TPSA) is 83.6 Å². The maximum absolute atomic E-state index is 11.7. The molecule has 3 N–H and O–H groups in total. The van der Waals surface area contributed by atoms with E-state index in [1.54, 1.807) is 0 Å². The van der Waals surface area contributed by atoms with Crippen molar-refractivity contribution in [1.82, 2.24) is 4.90 Å². The number of carbonyl (C=O) groups excluding carboxylic acids is 1. The molecular formula is C10H21ClN2O3. The van der Waals surface area contributed by atoms with E-state index in [-0.39, 0.29) is 24.9 Å². The molecule has 0 atom stereocenters. The van der Waals surface area contributed by atoms with Gasteiger partial charge in [0.15, 0.2) is 0 Å². The maximum Gasteiger partial charge on any atom is 0.323 e. The molecule has 6 heteroatoms. The molecule has 0 radical (unpaired) electrons. The zero-order chi connectivity index (χ0) is 12.1. The molecule has 0 aromatic heterocycles. The molecule has 0 bridgehead atoms. The summed E-state index contributed by atoms with van der Waals surface area (Å²) in [6.45, 7) is 5.63. The summed E-state index contributed by atoms with van der Waals surface area (Å²) in [5, 5.41) is 8.70. The van der Waals surface area contributed by atoms with Gasteiger partial charge in [0.2, 0.25) is 5.91 Å². The molecule has 0 unspecified atom stereocenters. The largest absolute Gasteiger partial charge is 0.480 e. The van der Waals surface area contributed by atoms with Crippen LogP contribution >= 0.6 is 12.4 Å². The zero-order valence-corrected chi connectivity index (χ0v) is 10.8. The molecule has 0 spiro atoms. The number of carboxylic acids is 1.